The minimum atomic E-state index is -0.788. The van der Waals surface area contributed by atoms with Gasteiger partial charge in [-0.3, -0.25) is 9.59 Å². The number of anilines is 1. The molecule has 7 heteroatoms. The highest BCUT2D eigenvalue weighted by molar-refractivity contribution is 6.39. The van der Waals surface area contributed by atoms with Gasteiger partial charge in [-0.1, -0.05) is 12.1 Å². The van der Waals surface area contributed by atoms with Crippen molar-refractivity contribution in [2.24, 2.45) is 0 Å². The quantitative estimate of drug-likeness (QED) is 0.775. The number of hydrogen-bond donors (Lipinski definition) is 2. The SMILES string of the molecule is COc1ccc(C2(CNC(=O)C(=O)Nc3ccc(F)cc3)CCOCC2)cc1. The summed E-state index contributed by atoms with van der Waals surface area (Å²) in [5, 5.41) is 5.20. The molecule has 28 heavy (non-hydrogen) atoms. The molecular weight excluding hydrogens is 363 g/mol. The number of rotatable bonds is 5. The van der Waals surface area contributed by atoms with E-state index in [1.165, 1.54) is 24.3 Å². The number of ether oxygens (including phenoxy) is 2. The first-order valence-corrected chi connectivity index (χ1v) is 9.09. The first kappa shape index (κ1) is 19.8. The maximum absolute atomic E-state index is 13.0. The predicted octanol–water partition coefficient (Wildman–Crippen LogP) is 2.64. The lowest BCUT2D eigenvalue weighted by Gasteiger charge is -2.38. The Kier molecular flexibility index (Phi) is 6.26. The van der Waals surface area contributed by atoms with Gasteiger partial charge >= 0.3 is 11.8 Å². The molecule has 2 aromatic carbocycles. The van der Waals surface area contributed by atoms with E-state index in [4.69, 9.17) is 9.47 Å². The van der Waals surface area contributed by atoms with Gasteiger partial charge in [-0.15, -0.1) is 0 Å². The fourth-order valence-corrected chi connectivity index (χ4v) is 3.33. The van der Waals surface area contributed by atoms with Gasteiger partial charge in [-0.05, 0) is 54.8 Å². The molecule has 0 unspecified atom stereocenters. The summed E-state index contributed by atoms with van der Waals surface area (Å²) in [6, 6.07) is 13.0. The smallest absolute Gasteiger partial charge is 0.313 e. The Morgan fingerprint density at radius 2 is 1.68 bits per heavy atom. The standard InChI is InChI=1S/C21H23FN2O4/c1-27-18-8-2-15(3-9-18)21(10-12-28-13-11-21)14-23-19(25)20(26)24-17-6-4-16(22)5-7-17/h2-9H,10-14H2,1H3,(H,23,25)(H,24,26). The summed E-state index contributed by atoms with van der Waals surface area (Å²) in [5.41, 5.74) is 1.12. The molecule has 0 bridgehead atoms. The van der Waals surface area contributed by atoms with Gasteiger partial charge in [0.15, 0.2) is 0 Å². The Bertz CT molecular complexity index is 815. The maximum atomic E-state index is 13.0. The third-order valence-corrected chi connectivity index (χ3v) is 5.05. The number of benzene rings is 2. The van der Waals surface area contributed by atoms with E-state index in [-0.39, 0.29) is 5.41 Å². The highest BCUT2D eigenvalue weighted by Gasteiger charge is 2.35. The van der Waals surface area contributed by atoms with Crippen LogP contribution in [0.25, 0.3) is 0 Å². The van der Waals surface area contributed by atoms with Crippen molar-refractivity contribution in [3.63, 3.8) is 0 Å². The van der Waals surface area contributed by atoms with Crippen molar-refractivity contribution in [3.8, 4) is 5.75 Å². The Morgan fingerprint density at radius 1 is 1.04 bits per heavy atom. The number of carbonyl (C=O) groups is 2. The van der Waals surface area contributed by atoms with Gasteiger partial charge in [0.05, 0.1) is 7.11 Å². The topological polar surface area (TPSA) is 76.7 Å². The Hall–Kier alpha value is -2.93. The minimum absolute atomic E-state index is 0.309. The molecule has 1 heterocycles. The van der Waals surface area contributed by atoms with Crippen LogP contribution in [0.2, 0.25) is 0 Å². The van der Waals surface area contributed by atoms with E-state index in [9.17, 15) is 14.0 Å². The lowest BCUT2D eigenvalue weighted by molar-refractivity contribution is -0.136. The van der Waals surface area contributed by atoms with Crippen LogP contribution in [0.4, 0.5) is 10.1 Å². The van der Waals surface area contributed by atoms with Crippen LogP contribution in [0, 0.1) is 5.82 Å². The number of amides is 2. The number of carbonyl (C=O) groups excluding carboxylic acids is 2. The van der Waals surface area contributed by atoms with Crippen LogP contribution < -0.4 is 15.4 Å². The number of hydrogen-bond acceptors (Lipinski definition) is 4. The van der Waals surface area contributed by atoms with E-state index < -0.39 is 17.6 Å². The highest BCUT2D eigenvalue weighted by atomic mass is 19.1. The van der Waals surface area contributed by atoms with Crippen molar-refractivity contribution in [3.05, 3.63) is 59.9 Å². The van der Waals surface area contributed by atoms with Crippen molar-refractivity contribution in [1.29, 1.82) is 0 Å². The normalized spacial score (nSPS) is 15.5. The molecule has 0 saturated carbocycles. The van der Waals surface area contributed by atoms with Gasteiger partial charge in [0.1, 0.15) is 11.6 Å². The molecule has 2 amide bonds. The molecule has 1 fully saturated rings. The van der Waals surface area contributed by atoms with Crippen molar-refractivity contribution in [2.75, 3.05) is 32.2 Å². The molecule has 0 aliphatic carbocycles. The third-order valence-electron chi connectivity index (χ3n) is 5.05. The first-order chi connectivity index (χ1) is 13.5. The fourth-order valence-electron chi connectivity index (χ4n) is 3.33. The van der Waals surface area contributed by atoms with Crippen LogP contribution in [0.3, 0.4) is 0 Å². The van der Waals surface area contributed by atoms with Crippen LogP contribution in [-0.2, 0) is 19.7 Å². The Morgan fingerprint density at radius 3 is 2.29 bits per heavy atom. The average Bonchev–Trinajstić information content (AvgIpc) is 2.74. The summed E-state index contributed by atoms with van der Waals surface area (Å²) in [4.78, 5) is 24.4. The Balaban J connectivity index is 1.66. The molecule has 0 aromatic heterocycles. The second-order valence-corrected chi connectivity index (χ2v) is 6.76. The van der Waals surface area contributed by atoms with E-state index in [1.54, 1.807) is 7.11 Å². The van der Waals surface area contributed by atoms with Crippen LogP contribution in [0.15, 0.2) is 48.5 Å². The zero-order valence-corrected chi connectivity index (χ0v) is 15.7. The summed E-state index contributed by atoms with van der Waals surface area (Å²) in [6.45, 7) is 1.49. The lowest BCUT2D eigenvalue weighted by Crippen LogP contribution is -2.47. The summed E-state index contributed by atoms with van der Waals surface area (Å²) in [7, 11) is 1.61. The van der Waals surface area contributed by atoms with Crippen molar-refractivity contribution in [1.82, 2.24) is 5.32 Å². The average molecular weight is 386 g/mol. The molecule has 1 saturated heterocycles. The van der Waals surface area contributed by atoms with E-state index in [1.807, 2.05) is 24.3 Å². The van der Waals surface area contributed by atoms with Gasteiger partial charge in [-0.25, -0.2) is 4.39 Å². The predicted molar refractivity (Wildman–Crippen MR) is 103 cm³/mol. The molecule has 0 spiro atoms. The highest BCUT2D eigenvalue weighted by Crippen LogP contribution is 2.35. The van der Waals surface area contributed by atoms with Gasteiger partial charge in [0.2, 0.25) is 0 Å². The number of nitrogens with one attached hydrogen (secondary N) is 2. The van der Waals surface area contributed by atoms with Gasteiger partial charge < -0.3 is 20.1 Å². The zero-order valence-electron chi connectivity index (χ0n) is 15.7. The van der Waals surface area contributed by atoms with Crippen LogP contribution in [0.1, 0.15) is 18.4 Å². The van der Waals surface area contributed by atoms with Crippen LogP contribution in [0.5, 0.6) is 5.75 Å². The zero-order chi connectivity index (χ0) is 20.0. The van der Waals surface area contributed by atoms with Crippen molar-refractivity contribution < 1.29 is 23.5 Å². The van der Waals surface area contributed by atoms with Gasteiger partial charge in [-0.2, -0.15) is 0 Å². The molecular formula is C21H23FN2O4. The molecule has 6 nitrogen and oxygen atoms in total. The van der Waals surface area contributed by atoms with E-state index >= 15 is 0 Å². The molecule has 2 N–H and O–H groups in total. The van der Waals surface area contributed by atoms with Crippen molar-refractivity contribution in [2.45, 2.75) is 18.3 Å². The fraction of sp³-hybridized carbons (Fsp3) is 0.333. The maximum Gasteiger partial charge on any atom is 0.313 e. The van der Waals surface area contributed by atoms with Crippen LogP contribution in [-0.4, -0.2) is 38.7 Å². The third kappa shape index (κ3) is 4.67. The minimum Gasteiger partial charge on any atom is -0.497 e. The summed E-state index contributed by atoms with van der Waals surface area (Å²) >= 11 is 0. The second kappa shape index (κ2) is 8.84. The second-order valence-electron chi connectivity index (χ2n) is 6.76. The molecule has 1 aliphatic rings. The Labute approximate surface area is 163 Å². The largest absolute Gasteiger partial charge is 0.497 e. The molecule has 3 rings (SSSR count). The summed E-state index contributed by atoms with van der Waals surface area (Å²) in [5.74, 6) is -1.18. The number of halogens is 1. The molecule has 2 aromatic rings. The van der Waals surface area contributed by atoms with E-state index in [0.717, 1.165) is 24.2 Å². The molecule has 0 radical (unpaired) electrons. The summed E-state index contributed by atoms with van der Waals surface area (Å²) in [6.07, 6.45) is 1.47. The number of methoxy groups -OCH3 is 1. The molecule has 1 aliphatic heterocycles. The van der Waals surface area contributed by atoms with Gasteiger partial charge in [0, 0.05) is 30.9 Å². The first-order valence-electron chi connectivity index (χ1n) is 9.09. The molecule has 0 atom stereocenters. The monoisotopic (exact) mass is 386 g/mol. The lowest BCUT2D eigenvalue weighted by atomic mass is 9.74. The van der Waals surface area contributed by atoms with Crippen LogP contribution >= 0.6 is 0 Å². The molecule has 148 valence electrons. The van der Waals surface area contributed by atoms with E-state index in [2.05, 4.69) is 10.6 Å². The summed E-state index contributed by atoms with van der Waals surface area (Å²) < 4.78 is 23.6. The van der Waals surface area contributed by atoms with Crippen molar-refractivity contribution >= 4 is 17.5 Å². The van der Waals surface area contributed by atoms with Gasteiger partial charge in [0.25, 0.3) is 0 Å². The van der Waals surface area contributed by atoms with E-state index in [0.29, 0.717) is 25.4 Å².